The summed E-state index contributed by atoms with van der Waals surface area (Å²) in [5, 5.41) is 0.303. The van der Waals surface area contributed by atoms with Crippen LogP contribution in [-0.4, -0.2) is 95.2 Å². The van der Waals surface area contributed by atoms with Crippen molar-refractivity contribution in [3.05, 3.63) is 88.0 Å². The van der Waals surface area contributed by atoms with Crippen molar-refractivity contribution in [1.29, 1.82) is 0 Å². The zero-order chi connectivity index (χ0) is 33.5. The number of halogens is 4. The number of rotatable bonds is 7. The maximum Gasteiger partial charge on any atom is 0.416 e. The molecule has 47 heavy (non-hydrogen) atoms. The summed E-state index contributed by atoms with van der Waals surface area (Å²) in [5.41, 5.74) is 2.13. The number of likely N-dealkylation sites (N-methyl/N-ethyl adjacent to an activating group) is 1. The number of fused-ring (bicyclic) bond motifs is 2. The van der Waals surface area contributed by atoms with Crippen LogP contribution in [0, 0.1) is 5.82 Å². The Morgan fingerprint density at radius 2 is 1.77 bits per heavy atom. The maximum absolute atomic E-state index is 14.9. The van der Waals surface area contributed by atoms with E-state index < -0.39 is 17.6 Å². The van der Waals surface area contributed by atoms with Gasteiger partial charge in [0.15, 0.2) is 11.6 Å². The lowest BCUT2D eigenvalue weighted by Gasteiger charge is -2.33. The quantitative estimate of drug-likeness (QED) is 0.280. The van der Waals surface area contributed by atoms with E-state index >= 15 is 0 Å². The number of aromatic nitrogens is 2. The average Bonchev–Trinajstić information content (AvgIpc) is 3.47. The first kappa shape index (κ1) is 32.5. The molecule has 1 saturated heterocycles. The Kier molecular flexibility index (Phi) is 8.95. The van der Waals surface area contributed by atoms with Gasteiger partial charge in [-0.05, 0) is 60.0 Å². The van der Waals surface area contributed by atoms with Crippen molar-refractivity contribution < 1.29 is 31.9 Å². The zero-order valence-electron chi connectivity index (χ0n) is 26.5. The number of H-pyrrole nitrogens is 1. The monoisotopic (exact) mass is 652 g/mol. The van der Waals surface area contributed by atoms with Crippen molar-refractivity contribution in [2.75, 3.05) is 53.9 Å². The number of carbonyl (C=O) groups is 2. The van der Waals surface area contributed by atoms with Gasteiger partial charge < -0.3 is 24.4 Å². The lowest BCUT2D eigenvalue weighted by atomic mass is 9.97. The zero-order valence-corrected chi connectivity index (χ0v) is 26.5. The van der Waals surface area contributed by atoms with Gasteiger partial charge in [-0.1, -0.05) is 18.2 Å². The van der Waals surface area contributed by atoms with Crippen LogP contribution in [0.15, 0.2) is 48.7 Å². The molecule has 4 heterocycles. The van der Waals surface area contributed by atoms with E-state index in [1.165, 1.54) is 17.0 Å². The summed E-state index contributed by atoms with van der Waals surface area (Å²) in [6.07, 6.45) is -3.13. The van der Waals surface area contributed by atoms with E-state index in [4.69, 9.17) is 4.74 Å². The van der Waals surface area contributed by atoms with Crippen LogP contribution < -0.4 is 4.74 Å². The number of carbonyl (C=O) groups excluding carboxylic acids is 2. The van der Waals surface area contributed by atoms with E-state index in [-0.39, 0.29) is 48.3 Å². The van der Waals surface area contributed by atoms with Crippen LogP contribution in [-0.2, 0) is 36.9 Å². The number of aromatic amines is 1. The molecule has 248 valence electrons. The van der Waals surface area contributed by atoms with Gasteiger partial charge in [-0.2, -0.15) is 13.2 Å². The third kappa shape index (κ3) is 7.10. The van der Waals surface area contributed by atoms with Crippen molar-refractivity contribution in [3.63, 3.8) is 0 Å². The number of ether oxygens (including phenoxy) is 1. The van der Waals surface area contributed by atoms with Gasteiger partial charge in [0, 0.05) is 59.9 Å². The second kappa shape index (κ2) is 13.0. The summed E-state index contributed by atoms with van der Waals surface area (Å²) in [4.78, 5) is 39.9. The summed E-state index contributed by atoms with van der Waals surface area (Å²) in [5.74, 6) is -1.05. The Hall–Kier alpha value is -4.49. The molecule has 2 aromatic heterocycles. The molecule has 2 aromatic carbocycles. The van der Waals surface area contributed by atoms with Gasteiger partial charge in [0.2, 0.25) is 5.91 Å². The molecule has 6 rings (SSSR count). The maximum atomic E-state index is 14.9. The van der Waals surface area contributed by atoms with Crippen LogP contribution in [0.5, 0.6) is 11.5 Å². The Morgan fingerprint density at radius 1 is 1.00 bits per heavy atom. The Bertz CT molecular complexity index is 1810. The van der Waals surface area contributed by atoms with Crippen LogP contribution in [0.2, 0.25) is 0 Å². The molecule has 0 atom stereocenters. The molecule has 1 fully saturated rings. The molecule has 0 spiro atoms. The van der Waals surface area contributed by atoms with E-state index in [1.807, 2.05) is 18.0 Å². The van der Waals surface area contributed by atoms with Crippen molar-refractivity contribution >= 4 is 22.8 Å². The lowest BCUT2D eigenvalue weighted by Crippen LogP contribution is -2.44. The fourth-order valence-electron chi connectivity index (χ4n) is 6.08. The van der Waals surface area contributed by atoms with Gasteiger partial charge in [0.05, 0.1) is 23.6 Å². The molecular weight excluding hydrogens is 616 g/mol. The number of piperazine rings is 1. The van der Waals surface area contributed by atoms with Gasteiger partial charge in [0.25, 0.3) is 5.91 Å². The average molecular weight is 653 g/mol. The minimum atomic E-state index is -4.54. The third-order valence-corrected chi connectivity index (χ3v) is 8.79. The Morgan fingerprint density at radius 3 is 2.49 bits per heavy atom. The SMILES string of the molecule is CN1CCN(Cc2ccc(CC(=O)N3CCc4ccc(Oc5c(F)cnc6[nH]c(C(=O)N(C)C)cc56)cc4C3)cc2C(F)(F)F)CC1. The number of nitrogens with one attached hydrogen (secondary N) is 1. The molecule has 9 nitrogen and oxygen atoms in total. The van der Waals surface area contributed by atoms with E-state index in [0.29, 0.717) is 48.4 Å². The molecular formula is C34H36F4N6O3. The number of pyridine rings is 1. The van der Waals surface area contributed by atoms with Gasteiger partial charge in [0.1, 0.15) is 17.1 Å². The molecule has 2 aliphatic rings. The second-order valence-electron chi connectivity index (χ2n) is 12.4. The minimum Gasteiger partial charge on any atom is -0.453 e. The van der Waals surface area contributed by atoms with E-state index in [0.717, 1.165) is 36.5 Å². The molecule has 0 unspecified atom stereocenters. The predicted octanol–water partition coefficient (Wildman–Crippen LogP) is 5.09. The Labute approximate surface area is 269 Å². The second-order valence-corrected chi connectivity index (χ2v) is 12.4. The summed E-state index contributed by atoms with van der Waals surface area (Å²) < 4.78 is 63.2. The van der Waals surface area contributed by atoms with Crippen LogP contribution >= 0.6 is 0 Å². The highest BCUT2D eigenvalue weighted by Crippen LogP contribution is 2.36. The highest BCUT2D eigenvalue weighted by molar-refractivity contribution is 5.98. The molecule has 0 saturated carbocycles. The number of nitrogens with zero attached hydrogens (tertiary/aromatic N) is 5. The topological polar surface area (TPSA) is 85.0 Å². The molecule has 0 bridgehead atoms. The Balaban J connectivity index is 1.16. The fourth-order valence-corrected chi connectivity index (χ4v) is 6.08. The molecule has 1 N–H and O–H groups in total. The molecule has 2 amide bonds. The molecule has 0 aliphatic carbocycles. The minimum absolute atomic E-state index is 0.0933. The van der Waals surface area contributed by atoms with Gasteiger partial charge in [-0.25, -0.2) is 9.37 Å². The van der Waals surface area contributed by atoms with Crippen LogP contribution in [0.3, 0.4) is 0 Å². The molecule has 13 heteroatoms. The fraction of sp³-hybridized carbons (Fsp3) is 0.382. The first-order valence-corrected chi connectivity index (χ1v) is 15.4. The van der Waals surface area contributed by atoms with E-state index in [2.05, 4.69) is 14.9 Å². The van der Waals surface area contributed by atoms with Crippen LogP contribution in [0.4, 0.5) is 17.6 Å². The summed E-state index contributed by atoms with van der Waals surface area (Å²) in [7, 11) is 5.20. The largest absolute Gasteiger partial charge is 0.453 e. The number of benzene rings is 2. The van der Waals surface area contributed by atoms with Gasteiger partial charge in [-0.15, -0.1) is 0 Å². The van der Waals surface area contributed by atoms with Crippen LogP contribution in [0.1, 0.15) is 38.3 Å². The summed E-state index contributed by atoms with van der Waals surface area (Å²) >= 11 is 0. The number of alkyl halides is 3. The smallest absolute Gasteiger partial charge is 0.416 e. The standard InChI is InChI=1S/C34H36F4N6O3/c1-41(2)33(46)29-17-26-31(28(35)18-39-32(26)40-29)47-25-7-6-22-8-9-44(20-24(22)16-25)30(45)15-21-4-5-23(27(14-21)34(36,37)38)19-43-12-10-42(3)11-13-43/h4-7,14,16-18H,8-13,15,19-20H2,1-3H3,(H,39,40). The lowest BCUT2D eigenvalue weighted by molar-refractivity contribution is -0.138. The number of amides is 2. The van der Waals surface area contributed by atoms with Gasteiger partial charge >= 0.3 is 6.18 Å². The van der Waals surface area contributed by atoms with E-state index in [1.54, 1.807) is 37.2 Å². The summed E-state index contributed by atoms with van der Waals surface area (Å²) in [6.45, 7) is 3.87. The van der Waals surface area contributed by atoms with Crippen molar-refractivity contribution in [1.82, 2.24) is 29.6 Å². The van der Waals surface area contributed by atoms with E-state index in [9.17, 15) is 27.2 Å². The molecule has 0 radical (unpaired) electrons. The van der Waals surface area contributed by atoms with Crippen LogP contribution in [0.25, 0.3) is 11.0 Å². The number of hydrogen-bond acceptors (Lipinski definition) is 6. The summed E-state index contributed by atoms with van der Waals surface area (Å²) in [6, 6.07) is 11.0. The van der Waals surface area contributed by atoms with Gasteiger partial charge in [-0.3, -0.25) is 14.5 Å². The highest BCUT2D eigenvalue weighted by atomic mass is 19.4. The normalized spacial score (nSPS) is 15.9. The van der Waals surface area contributed by atoms with Crippen molar-refractivity contribution in [2.45, 2.75) is 32.1 Å². The predicted molar refractivity (Wildman–Crippen MR) is 168 cm³/mol. The molecule has 2 aliphatic heterocycles. The third-order valence-electron chi connectivity index (χ3n) is 8.79. The first-order chi connectivity index (χ1) is 22.4. The first-order valence-electron chi connectivity index (χ1n) is 15.4. The molecule has 4 aromatic rings. The highest BCUT2D eigenvalue weighted by Gasteiger charge is 2.34. The number of hydrogen-bond donors (Lipinski definition) is 1. The van der Waals surface area contributed by atoms with Crippen molar-refractivity contribution in [2.24, 2.45) is 0 Å². The van der Waals surface area contributed by atoms with Crippen molar-refractivity contribution in [3.8, 4) is 11.5 Å².